The largest absolute Gasteiger partial charge is 0.488 e. The van der Waals surface area contributed by atoms with Crippen molar-refractivity contribution in [1.29, 1.82) is 0 Å². The summed E-state index contributed by atoms with van der Waals surface area (Å²) in [6.07, 6.45) is 7.52. The Morgan fingerprint density at radius 3 is 2.86 bits per heavy atom. The average Bonchev–Trinajstić information content (AvgIpc) is 2.88. The normalized spacial score (nSPS) is 23.2. The molecule has 2 aliphatic carbocycles. The molecule has 0 bridgehead atoms. The zero-order valence-electron chi connectivity index (χ0n) is 7.87. The van der Waals surface area contributed by atoms with Crippen LogP contribution in [0.1, 0.15) is 25.7 Å². The van der Waals surface area contributed by atoms with Gasteiger partial charge in [0.25, 0.3) is 0 Å². The minimum atomic E-state index is 0.429. The first-order chi connectivity index (χ1) is 6.77. The van der Waals surface area contributed by atoms with Gasteiger partial charge in [0.1, 0.15) is 4.60 Å². The number of rotatable bonds is 2. The SMILES string of the molecule is Brc1ncccc1OC1CC2(CC2)C1. The van der Waals surface area contributed by atoms with E-state index in [1.165, 1.54) is 25.7 Å². The number of hydrogen-bond acceptors (Lipinski definition) is 2. The lowest BCUT2D eigenvalue weighted by atomic mass is 9.79. The fourth-order valence-corrected chi connectivity index (χ4v) is 2.56. The van der Waals surface area contributed by atoms with Crippen LogP contribution >= 0.6 is 15.9 Å². The molecule has 0 radical (unpaired) electrons. The van der Waals surface area contributed by atoms with E-state index in [0.717, 1.165) is 10.4 Å². The van der Waals surface area contributed by atoms with Crippen LogP contribution in [0.4, 0.5) is 0 Å². The van der Waals surface area contributed by atoms with E-state index < -0.39 is 0 Å². The predicted octanol–water partition coefficient (Wildman–Crippen LogP) is 3.17. The van der Waals surface area contributed by atoms with Crippen molar-refractivity contribution in [2.24, 2.45) is 5.41 Å². The van der Waals surface area contributed by atoms with Gasteiger partial charge in [-0.3, -0.25) is 0 Å². The zero-order chi connectivity index (χ0) is 9.60. The third-order valence-corrected chi connectivity index (χ3v) is 3.89. The molecular weight excluding hydrogens is 242 g/mol. The van der Waals surface area contributed by atoms with Crippen molar-refractivity contribution >= 4 is 15.9 Å². The fraction of sp³-hybridized carbons (Fsp3) is 0.545. The van der Waals surface area contributed by atoms with Crippen molar-refractivity contribution < 1.29 is 4.74 Å². The third kappa shape index (κ3) is 1.44. The predicted molar refractivity (Wildman–Crippen MR) is 57.3 cm³/mol. The van der Waals surface area contributed by atoms with Crippen LogP contribution in [0.3, 0.4) is 0 Å². The highest BCUT2D eigenvalue weighted by molar-refractivity contribution is 9.10. The highest BCUT2D eigenvalue weighted by Crippen LogP contribution is 2.61. The maximum absolute atomic E-state index is 5.85. The van der Waals surface area contributed by atoms with Crippen LogP contribution in [0.15, 0.2) is 22.9 Å². The maximum Gasteiger partial charge on any atom is 0.152 e. The minimum absolute atomic E-state index is 0.429. The van der Waals surface area contributed by atoms with Crippen molar-refractivity contribution in [3.05, 3.63) is 22.9 Å². The molecule has 0 saturated heterocycles. The Morgan fingerprint density at radius 2 is 2.21 bits per heavy atom. The summed E-state index contributed by atoms with van der Waals surface area (Å²) in [6, 6.07) is 3.88. The third-order valence-electron chi connectivity index (χ3n) is 3.30. The van der Waals surface area contributed by atoms with Crippen LogP contribution in [-0.4, -0.2) is 11.1 Å². The summed E-state index contributed by atoms with van der Waals surface area (Å²) in [5, 5.41) is 0. The second-order valence-corrected chi connectivity index (χ2v) is 5.19. The van der Waals surface area contributed by atoms with Crippen molar-refractivity contribution in [3.8, 4) is 5.75 Å². The smallest absolute Gasteiger partial charge is 0.152 e. The Balaban J connectivity index is 1.65. The van der Waals surface area contributed by atoms with Gasteiger partial charge in [-0.05, 0) is 59.2 Å². The van der Waals surface area contributed by atoms with Crippen molar-refractivity contribution in [3.63, 3.8) is 0 Å². The molecule has 74 valence electrons. The van der Waals surface area contributed by atoms with Crippen LogP contribution in [0.2, 0.25) is 0 Å². The number of pyridine rings is 1. The molecule has 1 aromatic rings. The van der Waals surface area contributed by atoms with E-state index in [0.29, 0.717) is 11.5 Å². The molecule has 2 aliphatic rings. The van der Waals surface area contributed by atoms with Gasteiger partial charge in [0.15, 0.2) is 5.75 Å². The first-order valence-corrected chi connectivity index (χ1v) is 5.84. The summed E-state index contributed by atoms with van der Waals surface area (Å²) < 4.78 is 6.66. The molecule has 0 aromatic carbocycles. The lowest BCUT2D eigenvalue weighted by Gasteiger charge is -2.35. The van der Waals surface area contributed by atoms with Crippen molar-refractivity contribution in [2.75, 3.05) is 0 Å². The van der Waals surface area contributed by atoms with Crippen LogP contribution in [-0.2, 0) is 0 Å². The molecule has 3 rings (SSSR count). The highest BCUT2D eigenvalue weighted by atomic mass is 79.9. The molecule has 1 aromatic heterocycles. The lowest BCUT2D eigenvalue weighted by molar-refractivity contribution is 0.0495. The molecule has 14 heavy (non-hydrogen) atoms. The van der Waals surface area contributed by atoms with Gasteiger partial charge in [-0.1, -0.05) is 0 Å². The van der Waals surface area contributed by atoms with Gasteiger partial charge in [0.05, 0.1) is 6.10 Å². The van der Waals surface area contributed by atoms with Gasteiger partial charge in [0, 0.05) is 6.20 Å². The Bertz CT molecular complexity index is 354. The van der Waals surface area contributed by atoms with E-state index in [9.17, 15) is 0 Å². The monoisotopic (exact) mass is 253 g/mol. The average molecular weight is 254 g/mol. The van der Waals surface area contributed by atoms with Gasteiger partial charge in [-0.2, -0.15) is 0 Å². The lowest BCUT2D eigenvalue weighted by Crippen LogP contribution is -2.35. The summed E-state index contributed by atoms with van der Waals surface area (Å²) in [4.78, 5) is 4.13. The van der Waals surface area contributed by atoms with Crippen LogP contribution in [0, 0.1) is 5.41 Å². The topological polar surface area (TPSA) is 22.1 Å². The summed E-state index contributed by atoms with van der Waals surface area (Å²) in [6.45, 7) is 0. The van der Waals surface area contributed by atoms with E-state index in [-0.39, 0.29) is 0 Å². The maximum atomic E-state index is 5.85. The fourth-order valence-electron chi connectivity index (χ4n) is 2.21. The molecule has 2 nitrogen and oxygen atoms in total. The Labute approximate surface area is 91.8 Å². The quantitative estimate of drug-likeness (QED) is 0.756. The molecule has 1 heterocycles. The van der Waals surface area contributed by atoms with E-state index in [2.05, 4.69) is 20.9 Å². The molecule has 2 saturated carbocycles. The summed E-state index contributed by atoms with van der Waals surface area (Å²) in [5.41, 5.74) is 0.708. The van der Waals surface area contributed by atoms with Gasteiger partial charge < -0.3 is 4.74 Å². The van der Waals surface area contributed by atoms with Gasteiger partial charge >= 0.3 is 0 Å². The van der Waals surface area contributed by atoms with Gasteiger partial charge in [-0.15, -0.1) is 0 Å². The van der Waals surface area contributed by atoms with Crippen LogP contribution in [0.25, 0.3) is 0 Å². The first-order valence-electron chi connectivity index (χ1n) is 5.05. The minimum Gasteiger partial charge on any atom is -0.488 e. The Hall–Kier alpha value is -0.570. The summed E-state index contributed by atoms with van der Waals surface area (Å²) in [5.74, 6) is 0.882. The van der Waals surface area contributed by atoms with Crippen molar-refractivity contribution in [1.82, 2.24) is 4.98 Å². The first kappa shape index (κ1) is 8.72. The second kappa shape index (κ2) is 2.96. The molecule has 1 spiro atoms. The summed E-state index contributed by atoms with van der Waals surface area (Å²) in [7, 11) is 0. The summed E-state index contributed by atoms with van der Waals surface area (Å²) >= 11 is 3.39. The molecule has 3 heteroatoms. The number of halogens is 1. The van der Waals surface area contributed by atoms with E-state index in [1.807, 2.05) is 12.1 Å². The van der Waals surface area contributed by atoms with Crippen LogP contribution in [0.5, 0.6) is 5.75 Å². The molecule has 2 fully saturated rings. The van der Waals surface area contributed by atoms with Gasteiger partial charge in [0.2, 0.25) is 0 Å². The second-order valence-electron chi connectivity index (χ2n) is 4.44. The molecule has 0 atom stereocenters. The zero-order valence-corrected chi connectivity index (χ0v) is 9.46. The molecule has 0 unspecified atom stereocenters. The molecule has 0 N–H and O–H groups in total. The number of ether oxygens (including phenoxy) is 1. The van der Waals surface area contributed by atoms with Crippen molar-refractivity contribution in [2.45, 2.75) is 31.8 Å². The Morgan fingerprint density at radius 1 is 1.43 bits per heavy atom. The molecule has 0 aliphatic heterocycles. The number of nitrogens with zero attached hydrogens (tertiary/aromatic N) is 1. The number of hydrogen-bond donors (Lipinski definition) is 0. The standard InChI is InChI=1S/C11H12BrNO/c12-10-9(2-1-5-13-10)14-8-6-11(7-8)3-4-11/h1-2,5,8H,3-4,6-7H2. The van der Waals surface area contributed by atoms with Crippen LogP contribution < -0.4 is 4.74 Å². The van der Waals surface area contributed by atoms with E-state index in [1.54, 1.807) is 6.20 Å². The Kier molecular flexibility index (Phi) is 1.84. The molecule has 0 amide bonds. The molecular formula is C11H12BrNO. The van der Waals surface area contributed by atoms with Gasteiger partial charge in [-0.25, -0.2) is 4.98 Å². The number of aromatic nitrogens is 1. The van der Waals surface area contributed by atoms with E-state index >= 15 is 0 Å². The highest BCUT2D eigenvalue weighted by Gasteiger charge is 2.54. The van der Waals surface area contributed by atoms with E-state index in [4.69, 9.17) is 4.74 Å².